The summed E-state index contributed by atoms with van der Waals surface area (Å²) >= 11 is 0. The number of rotatable bonds is 7. The molecule has 2 heterocycles. The Labute approximate surface area is 176 Å². The fraction of sp³-hybridized carbons (Fsp3) is 0.217. The molecule has 1 aliphatic rings. The van der Waals surface area contributed by atoms with Crippen LogP contribution >= 0.6 is 0 Å². The van der Waals surface area contributed by atoms with Crippen LogP contribution in [0.3, 0.4) is 0 Å². The van der Waals surface area contributed by atoms with Crippen molar-refractivity contribution in [2.24, 2.45) is 5.10 Å². The third-order valence-corrected chi connectivity index (χ3v) is 4.71. The second kappa shape index (κ2) is 10.2. The van der Waals surface area contributed by atoms with Crippen molar-refractivity contribution in [2.45, 2.75) is 19.3 Å². The fourth-order valence-corrected chi connectivity index (χ4v) is 3.21. The average molecular weight is 400 g/mol. The van der Waals surface area contributed by atoms with E-state index < -0.39 is 0 Å². The van der Waals surface area contributed by atoms with Crippen molar-refractivity contribution in [3.8, 4) is 0 Å². The third-order valence-electron chi connectivity index (χ3n) is 4.71. The smallest absolute Gasteiger partial charge is 0.250 e. The molecule has 0 radical (unpaired) electrons. The minimum atomic E-state index is 0.411. The summed E-state index contributed by atoms with van der Waals surface area (Å²) in [6.45, 7) is 1.91. The van der Waals surface area contributed by atoms with Gasteiger partial charge in [0.25, 0.3) is 0 Å². The molecule has 0 aliphatic carbocycles. The van der Waals surface area contributed by atoms with E-state index in [9.17, 15) is 0 Å². The monoisotopic (exact) mass is 399 g/mol. The van der Waals surface area contributed by atoms with Crippen LogP contribution in [0.2, 0.25) is 0 Å². The molecule has 1 aliphatic heterocycles. The zero-order valence-electron chi connectivity index (χ0n) is 16.8. The molecule has 1 fully saturated rings. The zero-order chi connectivity index (χ0) is 20.4. The predicted molar refractivity (Wildman–Crippen MR) is 123 cm³/mol. The van der Waals surface area contributed by atoms with E-state index in [-0.39, 0.29) is 0 Å². The quantitative estimate of drug-likeness (QED) is 0.442. The Hall–Kier alpha value is -3.74. The number of hydrogen-bond acceptors (Lipinski definition) is 7. The molecular weight excluding hydrogens is 374 g/mol. The highest BCUT2D eigenvalue weighted by Gasteiger charge is 2.16. The Morgan fingerprint density at radius 1 is 0.800 bits per heavy atom. The lowest BCUT2D eigenvalue weighted by molar-refractivity contribution is 0.568. The normalized spacial score (nSPS) is 14.3. The van der Waals surface area contributed by atoms with Crippen LogP contribution in [0.4, 0.5) is 23.5 Å². The van der Waals surface area contributed by atoms with E-state index in [1.54, 1.807) is 6.21 Å². The van der Waals surface area contributed by atoms with Crippen LogP contribution < -0.4 is 15.6 Å². The van der Waals surface area contributed by atoms with E-state index in [0.29, 0.717) is 17.8 Å². The molecule has 0 unspecified atom stereocenters. The maximum absolute atomic E-state index is 4.62. The summed E-state index contributed by atoms with van der Waals surface area (Å²) in [6, 6.07) is 19.9. The van der Waals surface area contributed by atoms with Crippen LogP contribution in [0.1, 0.15) is 24.8 Å². The molecule has 3 aromatic rings. The first-order valence-corrected chi connectivity index (χ1v) is 10.2. The maximum Gasteiger partial charge on any atom is 0.250 e. The molecule has 0 bridgehead atoms. The minimum absolute atomic E-state index is 0.411. The number of benzene rings is 2. The molecule has 0 atom stereocenters. The van der Waals surface area contributed by atoms with Gasteiger partial charge in [0.05, 0.1) is 0 Å². The number of anilines is 4. The van der Waals surface area contributed by atoms with Crippen LogP contribution in [-0.4, -0.2) is 34.3 Å². The Bertz CT molecular complexity index is 981. The van der Waals surface area contributed by atoms with Gasteiger partial charge in [0.1, 0.15) is 0 Å². The zero-order valence-corrected chi connectivity index (χ0v) is 16.8. The molecule has 30 heavy (non-hydrogen) atoms. The van der Waals surface area contributed by atoms with Crippen molar-refractivity contribution in [1.29, 1.82) is 0 Å². The van der Waals surface area contributed by atoms with Gasteiger partial charge < -0.3 is 10.2 Å². The molecule has 152 valence electrons. The van der Waals surface area contributed by atoms with Crippen LogP contribution in [0.25, 0.3) is 6.08 Å². The van der Waals surface area contributed by atoms with Gasteiger partial charge in [-0.05, 0) is 43.0 Å². The topological polar surface area (TPSA) is 78.3 Å². The van der Waals surface area contributed by atoms with Crippen LogP contribution in [-0.2, 0) is 0 Å². The van der Waals surface area contributed by atoms with E-state index in [1.807, 2.05) is 72.8 Å². The Morgan fingerprint density at radius 3 is 2.27 bits per heavy atom. The van der Waals surface area contributed by atoms with Gasteiger partial charge in [0.15, 0.2) is 0 Å². The second-order valence-electron chi connectivity index (χ2n) is 6.98. The molecule has 7 heteroatoms. The van der Waals surface area contributed by atoms with Gasteiger partial charge in [0.2, 0.25) is 17.8 Å². The van der Waals surface area contributed by atoms with Crippen molar-refractivity contribution in [1.82, 2.24) is 15.0 Å². The molecule has 0 amide bonds. The molecule has 4 rings (SSSR count). The molecular formula is C23H25N7. The Kier molecular flexibility index (Phi) is 6.63. The van der Waals surface area contributed by atoms with Crippen molar-refractivity contribution >= 4 is 35.8 Å². The highest BCUT2D eigenvalue weighted by Crippen LogP contribution is 2.20. The third kappa shape index (κ3) is 5.64. The summed E-state index contributed by atoms with van der Waals surface area (Å²) < 4.78 is 0. The van der Waals surface area contributed by atoms with Crippen LogP contribution in [0.5, 0.6) is 0 Å². The van der Waals surface area contributed by atoms with Crippen molar-refractivity contribution in [2.75, 3.05) is 28.7 Å². The van der Waals surface area contributed by atoms with Crippen LogP contribution in [0, 0.1) is 0 Å². The summed E-state index contributed by atoms with van der Waals surface area (Å²) in [6.07, 6.45) is 9.09. The first-order chi connectivity index (χ1) is 14.9. The Morgan fingerprint density at radius 2 is 1.50 bits per heavy atom. The molecule has 2 N–H and O–H groups in total. The second-order valence-corrected chi connectivity index (χ2v) is 6.98. The van der Waals surface area contributed by atoms with Gasteiger partial charge in [0, 0.05) is 25.0 Å². The van der Waals surface area contributed by atoms with E-state index in [4.69, 9.17) is 0 Å². The van der Waals surface area contributed by atoms with Gasteiger partial charge in [-0.3, -0.25) is 0 Å². The van der Waals surface area contributed by atoms with E-state index in [1.165, 1.54) is 6.42 Å². The minimum Gasteiger partial charge on any atom is -0.341 e. The first kappa shape index (κ1) is 19.6. The van der Waals surface area contributed by atoms with Gasteiger partial charge in [-0.1, -0.05) is 54.6 Å². The van der Waals surface area contributed by atoms with Crippen LogP contribution in [0.15, 0.2) is 71.8 Å². The summed E-state index contributed by atoms with van der Waals surface area (Å²) in [4.78, 5) is 15.9. The summed E-state index contributed by atoms with van der Waals surface area (Å²) in [5.74, 6) is 1.57. The number of allylic oxidation sites excluding steroid dienone is 1. The number of nitrogens with zero attached hydrogens (tertiary/aromatic N) is 5. The number of aromatic nitrogens is 3. The van der Waals surface area contributed by atoms with Gasteiger partial charge in [-0.2, -0.15) is 20.1 Å². The average Bonchev–Trinajstić information content (AvgIpc) is 2.81. The summed E-state index contributed by atoms with van der Waals surface area (Å²) in [7, 11) is 0. The van der Waals surface area contributed by atoms with E-state index >= 15 is 0 Å². The molecule has 0 spiro atoms. The SMILES string of the molecule is C(=Cc1ccccc1)C=NNc1nc(Nc2ccccc2)nc(N2CCCCC2)n1. The number of piperidine rings is 1. The first-order valence-electron chi connectivity index (χ1n) is 10.2. The number of hydrogen-bond donors (Lipinski definition) is 2. The highest BCUT2D eigenvalue weighted by atomic mass is 15.4. The van der Waals surface area contributed by atoms with Crippen molar-refractivity contribution in [3.63, 3.8) is 0 Å². The van der Waals surface area contributed by atoms with Crippen molar-refractivity contribution < 1.29 is 0 Å². The summed E-state index contributed by atoms with van der Waals surface area (Å²) in [5, 5.41) is 7.48. The molecule has 2 aromatic carbocycles. The maximum atomic E-state index is 4.62. The lowest BCUT2D eigenvalue weighted by atomic mass is 10.1. The van der Waals surface area contributed by atoms with Gasteiger partial charge in [-0.25, -0.2) is 5.43 Å². The number of nitrogens with one attached hydrogen (secondary N) is 2. The van der Waals surface area contributed by atoms with E-state index in [2.05, 4.69) is 35.7 Å². The molecule has 7 nitrogen and oxygen atoms in total. The standard InChI is InChI=1S/C23H25N7/c1-4-11-19(12-5-1)13-10-16-24-29-22-26-21(25-20-14-6-2-7-15-20)27-23(28-22)30-17-8-3-9-18-30/h1-2,4-7,10-16H,3,8-9,17-18H2,(H2,25,26,27,28,29). The predicted octanol–water partition coefficient (Wildman–Crippen LogP) is 4.72. The fourth-order valence-electron chi connectivity index (χ4n) is 3.21. The number of hydrazone groups is 1. The van der Waals surface area contributed by atoms with Crippen molar-refractivity contribution in [3.05, 3.63) is 72.3 Å². The highest BCUT2D eigenvalue weighted by molar-refractivity contribution is 5.78. The van der Waals surface area contributed by atoms with Gasteiger partial charge in [-0.15, -0.1) is 0 Å². The molecule has 0 saturated carbocycles. The van der Waals surface area contributed by atoms with Gasteiger partial charge >= 0.3 is 0 Å². The van der Waals surface area contributed by atoms with E-state index in [0.717, 1.165) is 37.2 Å². The lowest BCUT2D eigenvalue weighted by Gasteiger charge is -2.26. The summed E-state index contributed by atoms with van der Waals surface area (Å²) in [5.41, 5.74) is 4.97. The molecule has 1 aromatic heterocycles. The number of para-hydroxylation sites is 1. The lowest BCUT2D eigenvalue weighted by Crippen LogP contribution is -2.31. The Balaban J connectivity index is 1.49. The molecule has 1 saturated heterocycles. The largest absolute Gasteiger partial charge is 0.341 e.